The van der Waals surface area contributed by atoms with Crippen molar-refractivity contribution >= 4 is 28.8 Å². The van der Waals surface area contributed by atoms with E-state index >= 15 is 0 Å². The first kappa shape index (κ1) is 9.25. The van der Waals surface area contributed by atoms with Crippen LogP contribution in [0.25, 0.3) is 0 Å². The minimum atomic E-state index is 0.168. The van der Waals surface area contributed by atoms with Crippen molar-refractivity contribution in [2.45, 2.75) is 19.4 Å². The number of amides is 1. The maximum Gasteiger partial charge on any atom is 0.219 e. The molecule has 4 heteroatoms. The summed E-state index contributed by atoms with van der Waals surface area (Å²) < 4.78 is 2.22. The van der Waals surface area contributed by atoms with Crippen LogP contribution < -0.4 is 0 Å². The molecule has 0 radical (unpaired) electrons. The number of likely N-dealkylation sites (N-methyl/N-ethyl adjacent to an activating group) is 1. The van der Waals surface area contributed by atoms with Gasteiger partial charge in [0.2, 0.25) is 5.91 Å². The largest absolute Gasteiger partial charge is 0.342 e. The highest BCUT2D eigenvalue weighted by atomic mass is 127. The van der Waals surface area contributed by atoms with Gasteiger partial charge in [-0.05, 0) is 6.42 Å². The van der Waals surface area contributed by atoms with Crippen LogP contribution in [-0.2, 0) is 4.79 Å². The fraction of sp³-hybridized carbons (Fsp3) is 0.857. The summed E-state index contributed by atoms with van der Waals surface area (Å²) in [5.41, 5.74) is 0. The minimum Gasteiger partial charge on any atom is -0.342 e. The molecule has 0 saturated carbocycles. The van der Waals surface area contributed by atoms with Crippen molar-refractivity contribution in [2.75, 3.05) is 20.1 Å². The Morgan fingerprint density at radius 2 is 2.36 bits per heavy atom. The van der Waals surface area contributed by atoms with Gasteiger partial charge >= 0.3 is 0 Å². The van der Waals surface area contributed by atoms with E-state index in [4.69, 9.17) is 0 Å². The summed E-state index contributed by atoms with van der Waals surface area (Å²) in [6.07, 6.45) is 1.11. The van der Waals surface area contributed by atoms with E-state index in [-0.39, 0.29) is 5.91 Å². The fourth-order valence-electron chi connectivity index (χ4n) is 1.27. The Hall–Kier alpha value is 0.160. The van der Waals surface area contributed by atoms with Gasteiger partial charge < -0.3 is 4.90 Å². The van der Waals surface area contributed by atoms with Crippen LogP contribution in [0.3, 0.4) is 0 Å². The van der Waals surface area contributed by atoms with Gasteiger partial charge in [0.25, 0.3) is 0 Å². The van der Waals surface area contributed by atoms with Crippen molar-refractivity contribution in [1.29, 1.82) is 0 Å². The normalized spacial score (nSPS) is 25.5. The van der Waals surface area contributed by atoms with Crippen LogP contribution >= 0.6 is 22.9 Å². The lowest BCUT2D eigenvalue weighted by molar-refractivity contribution is -0.129. The third kappa shape index (κ3) is 2.30. The van der Waals surface area contributed by atoms with Crippen LogP contribution in [0.1, 0.15) is 13.3 Å². The maximum absolute atomic E-state index is 10.9. The van der Waals surface area contributed by atoms with E-state index in [2.05, 4.69) is 26.0 Å². The smallest absolute Gasteiger partial charge is 0.219 e. The van der Waals surface area contributed by atoms with Gasteiger partial charge in [-0.25, -0.2) is 3.11 Å². The Bertz CT molecular complexity index is 163. The molecule has 0 aromatic heterocycles. The number of hydrogen-bond donors (Lipinski definition) is 0. The molecule has 1 fully saturated rings. The summed E-state index contributed by atoms with van der Waals surface area (Å²) in [4.78, 5) is 12.8. The SMILES string of the molecule is CC(=O)N(C)[C@H]1CCN(I)C1. The van der Waals surface area contributed by atoms with Crippen LogP contribution in [-0.4, -0.2) is 40.1 Å². The number of nitrogens with zero attached hydrogens (tertiary/aromatic N) is 2. The van der Waals surface area contributed by atoms with Gasteiger partial charge in [0.15, 0.2) is 0 Å². The van der Waals surface area contributed by atoms with Crippen molar-refractivity contribution in [3.05, 3.63) is 0 Å². The lowest BCUT2D eigenvalue weighted by Crippen LogP contribution is -2.36. The highest BCUT2D eigenvalue weighted by Gasteiger charge is 2.25. The van der Waals surface area contributed by atoms with Gasteiger partial charge in [0.1, 0.15) is 0 Å². The van der Waals surface area contributed by atoms with Gasteiger partial charge in [-0.3, -0.25) is 4.79 Å². The number of halogens is 1. The molecule has 1 aliphatic heterocycles. The Morgan fingerprint density at radius 3 is 2.73 bits per heavy atom. The molecule has 1 amide bonds. The minimum absolute atomic E-state index is 0.168. The van der Waals surface area contributed by atoms with E-state index in [1.54, 1.807) is 6.92 Å². The molecule has 0 spiro atoms. The lowest BCUT2D eigenvalue weighted by atomic mass is 10.2. The second-order valence-electron chi connectivity index (χ2n) is 2.94. The topological polar surface area (TPSA) is 23.6 Å². The molecule has 0 N–H and O–H groups in total. The van der Waals surface area contributed by atoms with Crippen molar-refractivity contribution in [3.8, 4) is 0 Å². The Kier molecular flexibility index (Phi) is 3.12. The number of carbonyl (C=O) groups is 1. The first-order valence-corrected chi connectivity index (χ1v) is 4.72. The van der Waals surface area contributed by atoms with Crippen LogP contribution in [0.2, 0.25) is 0 Å². The van der Waals surface area contributed by atoms with E-state index in [0.29, 0.717) is 6.04 Å². The summed E-state index contributed by atoms with van der Waals surface area (Å²) in [7, 11) is 1.88. The van der Waals surface area contributed by atoms with Crippen LogP contribution in [0.5, 0.6) is 0 Å². The third-order valence-corrected chi connectivity index (χ3v) is 3.03. The molecule has 1 rings (SSSR count). The summed E-state index contributed by atoms with van der Waals surface area (Å²) in [6, 6.07) is 0.435. The van der Waals surface area contributed by atoms with E-state index < -0.39 is 0 Å². The second kappa shape index (κ2) is 3.71. The summed E-state index contributed by atoms with van der Waals surface area (Å²) in [6.45, 7) is 3.73. The van der Waals surface area contributed by atoms with Crippen molar-refractivity contribution < 1.29 is 4.79 Å². The average molecular weight is 268 g/mol. The van der Waals surface area contributed by atoms with Gasteiger partial charge in [-0.15, -0.1) is 0 Å². The third-order valence-electron chi connectivity index (χ3n) is 2.16. The van der Waals surface area contributed by atoms with Crippen molar-refractivity contribution in [3.63, 3.8) is 0 Å². The highest BCUT2D eigenvalue weighted by Crippen LogP contribution is 2.17. The zero-order valence-corrected chi connectivity index (χ0v) is 9.04. The zero-order valence-electron chi connectivity index (χ0n) is 6.88. The van der Waals surface area contributed by atoms with Crippen LogP contribution in [0.15, 0.2) is 0 Å². The molecule has 11 heavy (non-hydrogen) atoms. The highest BCUT2D eigenvalue weighted by molar-refractivity contribution is 14.1. The molecule has 1 heterocycles. The Balaban J connectivity index is 2.43. The predicted octanol–water partition coefficient (Wildman–Crippen LogP) is 0.889. The summed E-state index contributed by atoms with van der Waals surface area (Å²) in [5, 5.41) is 0. The molecule has 3 nitrogen and oxygen atoms in total. The molecule has 0 aliphatic carbocycles. The standard InChI is InChI=1S/C7H13IN2O/c1-6(11)9(2)7-3-4-10(8)5-7/h7H,3-5H2,1-2H3/t7-/m0/s1. The van der Waals surface area contributed by atoms with E-state index in [1.807, 2.05) is 11.9 Å². The molecule has 1 aliphatic rings. The van der Waals surface area contributed by atoms with Gasteiger partial charge in [0.05, 0.1) is 0 Å². The average Bonchev–Trinajstić information content (AvgIpc) is 2.34. The monoisotopic (exact) mass is 268 g/mol. The lowest BCUT2D eigenvalue weighted by Gasteiger charge is -2.22. The van der Waals surface area contributed by atoms with Gasteiger partial charge in [-0.1, -0.05) is 0 Å². The molecule has 0 aromatic rings. The second-order valence-corrected chi connectivity index (χ2v) is 4.31. The van der Waals surface area contributed by atoms with Gasteiger partial charge in [0, 0.05) is 56.0 Å². The molecular formula is C7H13IN2O. The zero-order chi connectivity index (χ0) is 8.43. The number of carbonyl (C=O) groups excluding carboxylic acids is 1. The van der Waals surface area contributed by atoms with Crippen molar-refractivity contribution in [1.82, 2.24) is 8.01 Å². The number of hydrogen-bond acceptors (Lipinski definition) is 2. The Morgan fingerprint density at radius 1 is 1.73 bits per heavy atom. The molecule has 1 saturated heterocycles. The molecule has 0 aromatic carbocycles. The van der Waals surface area contributed by atoms with Crippen LogP contribution in [0.4, 0.5) is 0 Å². The molecule has 0 unspecified atom stereocenters. The number of rotatable bonds is 1. The van der Waals surface area contributed by atoms with E-state index in [0.717, 1.165) is 19.5 Å². The quantitative estimate of drug-likeness (QED) is 0.521. The molecule has 1 atom stereocenters. The first-order valence-electron chi connectivity index (χ1n) is 3.75. The predicted molar refractivity (Wildman–Crippen MR) is 52.4 cm³/mol. The fourth-order valence-corrected chi connectivity index (χ4v) is 2.01. The van der Waals surface area contributed by atoms with Crippen molar-refractivity contribution in [2.24, 2.45) is 0 Å². The molecular weight excluding hydrogens is 255 g/mol. The first-order chi connectivity index (χ1) is 5.11. The van der Waals surface area contributed by atoms with Gasteiger partial charge in [-0.2, -0.15) is 0 Å². The molecule has 64 valence electrons. The van der Waals surface area contributed by atoms with Crippen LogP contribution in [0, 0.1) is 0 Å². The van der Waals surface area contributed by atoms with E-state index in [1.165, 1.54) is 0 Å². The molecule has 0 bridgehead atoms. The maximum atomic E-state index is 10.9. The Labute approximate surface area is 81.2 Å². The summed E-state index contributed by atoms with van der Waals surface area (Å²) >= 11 is 2.30. The summed E-state index contributed by atoms with van der Waals surface area (Å²) in [5.74, 6) is 0.168. The van der Waals surface area contributed by atoms with E-state index in [9.17, 15) is 4.79 Å².